The minimum Gasteiger partial charge on any atom is -0.508 e. The van der Waals surface area contributed by atoms with Crippen LogP contribution in [0.2, 0.25) is 0 Å². The van der Waals surface area contributed by atoms with Gasteiger partial charge < -0.3 is 215 Å². The first kappa shape index (κ1) is 85.3. The molecule has 22 aliphatic heterocycles. The van der Waals surface area contributed by atoms with Gasteiger partial charge in [-0.15, -0.1) is 0 Å². The smallest absolute Gasteiger partial charge is 0.244 e. The normalized spacial score (nSPS) is 47.6. The van der Waals surface area contributed by atoms with Crippen molar-refractivity contribution in [2.75, 3.05) is 52.8 Å². The minimum absolute atomic E-state index is 0.168. The summed E-state index contributed by atoms with van der Waals surface area (Å²) in [5, 5.41) is 283. The van der Waals surface area contributed by atoms with Crippen LogP contribution in [0.5, 0.6) is 5.75 Å². The number of amides is 3. The van der Waals surface area contributed by atoms with Crippen LogP contribution in [-0.4, -0.2) is 450 Å². The average Bonchev–Trinajstić information content (AvgIpc) is 0.800. The Balaban J connectivity index is 0.902. The lowest BCUT2D eigenvalue weighted by Crippen LogP contribution is -2.68. The van der Waals surface area contributed by atoms with Gasteiger partial charge in [0.1, 0.15) is 207 Å². The summed E-state index contributed by atoms with van der Waals surface area (Å²) in [6.07, 6.45) is -85.1. The monoisotopic (exact) mass is 1560 g/mol. The SMILES string of the molecule is O=C(CCC(=O)N[C@@H](Cc1ccc(O)cc1)C(=O)N[C@@H]1O[C@H](CO)[C@@H](O)[C@H](O)[C@@H]1O)NC[C@H]1O[C@@H]2O[C@H]3[C@@H](O)[C@@H](O)[C@@H](O[C@H]4[C@H](O)[C@@H](O)[C@@H](O[C@H]5[C@H](O)[C@@H](O)[C@@H](O[C@H]6[C@H](O)[C@@H](O)[C@@H](O[C@H]7[C@H](O)[C@@H](O)[C@@H](O[C@H]8[C@H](O)[C@@H](O)[C@@H](O[C@H]1[C@H](O)[C@H]2O)O[C@@H]8CO)O[C@@H]7CO)O[C@@H]6CO)O[C@@H]5CO)O[C@@H]4CO)O[C@@H]3CO. The molecule has 22 saturated heterocycles. The van der Waals surface area contributed by atoms with E-state index in [1.807, 2.05) is 0 Å². The molecule has 0 aliphatic carbocycles. The fourth-order valence-corrected chi connectivity index (χ4v) is 13.8. The number of aliphatic hydroxyl groups excluding tert-OH is 24. The van der Waals surface area contributed by atoms with Gasteiger partial charge >= 0.3 is 0 Å². The molecule has 1 aromatic carbocycles. The summed E-state index contributed by atoms with van der Waals surface area (Å²) in [4.78, 5) is 41.2. The van der Waals surface area contributed by atoms with E-state index in [1.54, 1.807) is 0 Å². The number of hydrogen-bond donors (Lipinski definition) is 28. The molecular weight excluding hydrogens is 1460 g/mol. The molecule has 107 heavy (non-hydrogen) atoms. The zero-order chi connectivity index (χ0) is 77.9. The maximum atomic E-state index is 13.8. The summed E-state index contributed by atoms with van der Waals surface area (Å²) in [6.45, 7) is -8.51. The van der Waals surface area contributed by atoms with E-state index in [-0.39, 0.29) is 12.2 Å². The number of carbonyl (C=O) groups excluding carboxylic acids is 3. The molecule has 46 heteroatoms. The average molecular weight is 1560 g/mol. The third kappa shape index (κ3) is 18.6. The van der Waals surface area contributed by atoms with E-state index in [0.717, 1.165) is 0 Å². The van der Waals surface area contributed by atoms with E-state index in [1.165, 1.54) is 24.3 Å². The molecule has 41 atom stereocenters. The molecule has 1 aromatic rings. The molecule has 0 saturated carbocycles. The topological polar surface area (TPSA) is 732 Å². The van der Waals surface area contributed by atoms with Crippen LogP contribution < -0.4 is 16.0 Å². The van der Waals surface area contributed by atoms with E-state index >= 15 is 0 Å². The number of phenols is 1. The first-order valence-electron chi connectivity index (χ1n) is 34.2. The van der Waals surface area contributed by atoms with Crippen molar-refractivity contribution in [3.8, 4) is 5.75 Å². The Morgan fingerprint density at radius 3 is 0.869 bits per heavy atom. The Bertz CT molecular complexity index is 2960. The van der Waals surface area contributed by atoms with Gasteiger partial charge in [-0.2, -0.15) is 0 Å². The highest BCUT2D eigenvalue weighted by atomic mass is 16.8. The molecule has 22 fully saturated rings. The summed E-state index contributed by atoms with van der Waals surface area (Å²) in [5.41, 5.74) is 0.348. The lowest BCUT2D eigenvalue weighted by Gasteiger charge is -2.50. The molecule has 3 amide bonds. The van der Waals surface area contributed by atoms with Crippen LogP contribution in [0.1, 0.15) is 18.4 Å². The Kier molecular flexibility index (Phi) is 29.7. The minimum atomic E-state index is -2.40. The lowest BCUT2D eigenvalue weighted by atomic mass is 9.95. The molecule has 0 radical (unpaired) electrons. The van der Waals surface area contributed by atoms with Gasteiger partial charge in [-0.25, -0.2) is 0 Å². The fraction of sp³-hybridized carbons (Fsp3) is 0.852. The van der Waals surface area contributed by atoms with Crippen LogP contribution in [0.3, 0.4) is 0 Å². The molecule has 0 spiro atoms. The zero-order valence-corrected chi connectivity index (χ0v) is 56.3. The van der Waals surface area contributed by atoms with Crippen LogP contribution in [0.25, 0.3) is 0 Å². The van der Waals surface area contributed by atoms with Gasteiger partial charge in [-0.1, -0.05) is 12.1 Å². The largest absolute Gasteiger partial charge is 0.508 e. The number of ether oxygens (including phenoxy) is 15. The van der Waals surface area contributed by atoms with E-state index in [9.17, 15) is 142 Å². The number of rotatable bonds is 17. The summed E-state index contributed by atoms with van der Waals surface area (Å²) < 4.78 is 86.5. The number of nitrogens with one attached hydrogen (secondary N) is 3. The van der Waals surface area contributed by atoms with E-state index < -0.39 is 335 Å². The Hall–Kier alpha value is -4.13. The van der Waals surface area contributed by atoms with Crippen molar-refractivity contribution in [1.29, 1.82) is 0 Å². The van der Waals surface area contributed by atoms with Crippen molar-refractivity contribution in [3.05, 3.63) is 29.8 Å². The molecule has 46 nitrogen and oxygen atoms in total. The highest BCUT2D eigenvalue weighted by Gasteiger charge is 2.60. The second kappa shape index (κ2) is 37.2. The second-order valence-electron chi connectivity index (χ2n) is 27.0. The Labute approximate surface area is 604 Å². The van der Waals surface area contributed by atoms with Crippen molar-refractivity contribution in [2.45, 2.75) is 271 Å². The number of benzene rings is 1. The third-order valence-electron chi connectivity index (χ3n) is 19.9. The summed E-state index contributed by atoms with van der Waals surface area (Å²) in [5.74, 6) is -3.22. The van der Waals surface area contributed by atoms with E-state index in [0.29, 0.717) is 5.56 Å². The maximum Gasteiger partial charge on any atom is 0.244 e. The van der Waals surface area contributed by atoms with Crippen LogP contribution in [0.4, 0.5) is 0 Å². The highest BCUT2D eigenvalue weighted by molar-refractivity contribution is 5.89. The van der Waals surface area contributed by atoms with Gasteiger partial charge in [0.15, 0.2) is 50.3 Å². The van der Waals surface area contributed by atoms with Crippen LogP contribution >= 0.6 is 0 Å². The summed E-state index contributed by atoms with van der Waals surface area (Å²) in [6, 6.07) is 3.75. The predicted molar refractivity (Wildman–Crippen MR) is 329 cm³/mol. The number of carbonyl (C=O) groups is 3. The predicted octanol–water partition coefficient (Wildman–Crippen LogP) is -18.0. The van der Waals surface area contributed by atoms with E-state index in [2.05, 4.69) is 16.0 Å². The van der Waals surface area contributed by atoms with Gasteiger partial charge in [0.2, 0.25) is 17.7 Å². The molecule has 14 bridgehead atoms. The standard InChI is InChI=1S/C61H95N3O43/c65-9-20-29(75)30(76)38(84)54(93-20)64-53(92)18(7-16-1-3-17(72)4-2-16)63-28(74)6-5-27(73)62-8-19-46-31(77)39(85)55(94-19)102-47-21(10-66)96-57(41(87)33(47)79)104-49-23(12-68)98-59(43(89)35(49)81)106-51-25(14-70)100-61(45(91)37(51)83)107-52-26(15-71)99-60(44(90)36(52)82)105-50-24(13-69)97-58(42(88)34(50)80)103-48-22(11-67)95-56(101-46)40(86)32(48)78/h1-4,18-26,29-52,54-61,65-72,75-91H,5-15H2,(H,62,73)(H,63,74)(H,64,92)/t18-,19+,20+,21+,22+,23+,24+,25+,26+,29+,30-,31+,32+,33-,34+,35+,36+,37+,38-,39+,40+,41+,42+,43+,44+,45+,46+,47+,48+,49+,50+,51+,52+,54+,55+,56+,57+,58+,59+,60+,61+/m0/s1. The first-order valence-corrected chi connectivity index (χ1v) is 34.2. The quantitative estimate of drug-likeness (QED) is 0.0689. The Morgan fingerprint density at radius 2 is 0.579 bits per heavy atom. The molecule has 22 aliphatic rings. The van der Waals surface area contributed by atoms with Crippen LogP contribution in [0, 0.1) is 0 Å². The molecule has 612 valence electrons. The number of hydrogen-bond acceptors (Lipinski definition) is 43. The molecule has 23 rings (SSSR count). The molecule has 0 aromatic heterocycles. The van der Waals surface area contributed by atoms with Crippen molar-refractivity contribution >= 4 is 17.7 Å². The highest BCUT2D eigenvalue weighted by Crippen LogP contribution is 2.39. The second-order valence-corrected chi connectivity index (χ2v) is 27.0. The third-order valence-corrected chi connectivity index (χ3v) is 19.9. The van der Waals surface area contributed by atoms with Gasteiger partial charge in [-0.05, 0) is 17.7 Å². The summed E-state index contributed by atoms with van der Waals surface area (Å²) in [7, 11) is 0. The first-order chi connectivity index (χ1) is 50.9. The molecular formula is C61H95N3O43. The van der Waals surface area contributed by atoms with Crippen LogP contribution in [0.15, 0.2) is 24.3 Å². The van der Waals surface area contributed by atoms with Gasteiger partial charge in [0, 0.05) is 25.8 Å². The number of aromatic hydroxyl groups is 1. The van der Waals surface area contributed by atoms with Crippen molar-refractivity contribution in [3.63, 3.8) is 0 Å². The number of phenolic OH excluding ortho intramolecular Hbond substituents is 1. The van der Waals surface area contributed by atoms with Gasteiger partial charge in [-0.3, -0.25) is 14.4 Å². The zero-order valence-electron chi connectivity index (χ0n) is 56.3. The molecule has 0 unspecified atom stereocenters. The van der Waals surface area contributed by atoms with Crippen molar-refractivity contribution in [1.82, 2.24) is 16.0 Å². The fourth-order valence-electron chi connectivity index (χ4n) is 13.8. The van der Waals surface area contributed by atoms with Crippen molar-refractivity contribution < 1.29 is 213 Å². The maximum absolute atomic E-state index is 13.8. The Morgan fingerprint density at radius 1 is 0.308 bits per heavy atom. The van der Waals surface area contributed by atoms with E-state index in [4.69, 9.17) is 71.1 Å². The van der Waals surface area contributed by atoms with Crippen molar-refractivity contribution in [2.24, 2.45) is 0 Å². The molecule has 28 N–H and O–H groups in total. The van der Waals surface area contributed by atoms with Gasteiger partial charge in [0.25, 0.3) is 0 Å². The van der Waals surface area contributed by atoms with Crippen LogP contribution in [-0.2, 0) is 91.9 Å². The van der Waals surface area contributed by atoms with Gasteiger partial charge in [0.05, 0.1) is 46.2 Å². The lowest BCUT2D eigenvalue weighted by molar-refractivity contribution is -0.396. The summed E-state index contributed by atoms with van der Waals surface area (Å²) >= 11 is 0. The molecule has 22 heterocycles. The number of aliphatic hydroxyl groups is 24.